The molecule has 8 nitrogen and oxygen atoms in total. The predicted molar refractivity (Wildman–Crippen MR) is 154 cm³/mol. The number of carbonyl (C=O) groups excluding carboxylic acids is 2. The number of carbonyl (C=O) groups is 2. The standard InChI is InChI=1S/C30H19Cl2N3O5/c31-23-12-6-4-11-21(23)27-17-22(20-10-5-7-13-25(20)33-27)30(37)40-28(18-8-2-1-3-9-18)29(36)34-26-15-14-19(35(38)39)16-24(26)32/h1-17,28H,(H,34,36). The number of benzene rings is 4. The van der Waals surface area contributed by atoms with Gasteiger partial charge in [0.05, 0.1) is 32.4 Å². The van der Waals surface area contributed by atoms with E-state index in [0.717, 1.165) is 6.07 Å². The summed E-state index contributed by atoms with van der Waals surface area (Å²) in [7, 11) is 0. The fourth-order valence-corrected chi connectivity index (χ4v) is 4.59. The molecular weight excluding hydrogens is 553 g/mol. The first-order valence-corrected chi connectivity index (χ1v) is 12.7. The first kappa shape index (κ1) is 26.8. The number of anilines is 1. The Balaban J connectivity index is 1.52. The predicted octanol–water partition coefficient (Wildman–Crippen LogP) is 7.65. The zero-order chi connectivity index (χ0) is 28.2. The molecule has 0 aliphatic carbocycles. The molecule has 1 unspecified atom stereocenters. The van der Waals surface area contributed by atoms with Crippen LogP contribution in [0.15, 0.2) is 103 Å². The number of nitrogens with zero attached hydrogens (tertiary/aromatic N) is 2. The smallest absolute Gasteiger partial charge is 0.340 e. The van der Waals surface area contributed by atoms with E-state index < -0.39 is 22.9 Å². The van der Waals surface area contributed by atoms with Crippen molar-refractivity contribution in [2.75, 3.05) is 5.32 Å². The lowest BCUT2D eigenvalue weighted by molar-refractivity contribution is -0.384. The van der Waals surface area contributed by atoms with Crippen LogP contribution in [0.5, 0.6) is 0 Å². The van der Waals surface area contributed by atoms with E-state index in [4.69, 9.17) is 27.9 Å². The number of para-hydroxylation sites is 1. The van der Waals surface area contributed by atoms with Gasteiger partial charge < -0.3 is 10.1 Å². The highest BCUT2D eigenvalue weighted by Crippen LogP contribution is 2.32. The van der Waals surface area contributed by atoms with Gasteiger partial charge in [-0.15, -0.1) is 0 Å². The number of nitro benzene ring substituents is 1. The number of fused-ring (bicyclic) bond motifs is 1. The Morgan fingerprint density at radius 3 is 2.27 bits per heavy atom. The number of pyridine rings is 1. The van der Waals surface area contributed by atoms with Gasteiger partial charge in [0.2, 0.25) is 6.10 Å². The van der Waals surface area contributed by atoms with Gasteiger partial charge in [-0.2, -0.15) is 0 Å². The highest BCUT2D eigenvalue weighted by Gasteiger charge is 2.28. The highest BCUT2D eigenvalue weighted by molar-refractivity contribution is 6.34. The maximum atomic E-state index is 13.7. The van der Waals surface area contributed by atoms with Crippen LogP contribution < -0.4 is 5.32 Å². The normalized spacial score (nSPS) is 11.6. The summed E-state index contributed by atoms with van der Waals surface area (Å²) in [6.07, 6.45) is -1.37. The largest absolute Gasteiger partial charge is 0.444 e. The van der Waals surface area contributed by atoms with Gasteiger partial charge in [0, 0.05) is 33.7 Å². The fourth-order valence-electron chi connectivity index (χ4n) is 4.14. The molecule has 1 aromatic heterocycles. The van der Waals surface area contributed by atoms with Gasteiger partial charge in [-0.25, -0.2) is 9.78 Å². The van der Waals surface area contributed by atoms with Crippen molar-refractivity contribution in [2.45, 2.75) is 6.10 Å². The molecule has 0 aliphatic rings. The Morgan fingerprint density at radius 2 is 1.55 bits per heavy atom. The lowest BCUT2D eigenvalue weighted by atomic mass is 10.0. The van der Waals surface area contributed by atoms with E-state index in [9.17, 15) is 19.7 Å². The van der Waals surface area contributed by atoms with Crippen LogP contribution in [0.2, 0.25) is 10.0 Å². The summed E-state index contributed by atoms with van der Waals surface area (Å²) in [6, 6.07) is 27.9. The zero-order valence-electron chi connectivity index (χ0n) is 20.6. The number of ether oxygens (including phenoxy) is 1. The fraction of sp³-hybridized carbons (Fsp3) is 0.0333. The van der Waals surface area contributed by atoms with Crippen molar-refractivity contribution in [3.05, 3.63) is 134 Å². The molecule has 4 aromatic carbocycles. The van der Waals surface area contributed by atoms with E-state index in [2.05, 4.69) is 10.3 Å². The number of nitrogens with one attached hydrogen (secondary N) is 1. The number of halogens is 2. The maximum Gasteiger partial charge on any atom is 0.340 e. The van der Waals surface area contributed by atoms with Crippen molar-refractivity contribution in [3.8, 4) is 11.3 Å². The summed E-state index contributed by atoms with van der Waals surface area (Å²) in [4.78, 5) is 42.3. The third-order valence-electron chi connectivity index (χ3n) is 6.07. The number of nitro groups is 1. The molecule has 0 fully saturated rings. The topological polar surface area (TPSA) is 111 Å². The van der Waals surface area contributed by atoms with E-state index in [0.29, 0.717) is 32.7 Å². The lowest BCUT2D eigenvalue weighted by Gasteiger charge is -2.19. The first-order chi connectivity index (χ1) is 19.3. The molecule has 198 valence electrons. The molecule has 0 saturated carbocycles. The van der Waals surface area contributed by atoms with Gasteiger partial charge in [-0.3, -0.25) is 14.9 Å². The van der Waals surface area contributed by atoms with Crippen LogP contribution in [-0.4, -0.2) is 21.8 Å². The van der Waals surface area contributed by atoms with Crippen LogP contribution in [-0.2, 0) is 9.53 Å². The second-order valence-corrected chi connectivity index (χ2v) is 9.47. The van der Waals surface area contributed by atoms with Crippen molar-refractivity contribution in [2.24, 2.45) is 0 Å². The molecule has 1 heterocycles. The minimum Gasteiger partial charge on any atom is -0.444 e. The zero-order valence-corrected chi connectivity index (χ0v) is 22.1. The van der Waals surface area contributed by atoms with E-state index in [1.54, 1.807) is 78.9 Å². The number of aromatic nitrogens is 1. The minimum absolute atomic E-state index is 0.0369. The second kappa shape index (κ2) is 11.5. The molecule has 1 N–H and O–H groups in total. The Morgan fingerprint density at radius 1 is 0.850 bits per heavy atom. The van der Waals surface area contributed by atoms with Crippen LogP contribution in [0.4, 0.5) is 11.4 Å². The van der Waals surface area contributed by atoms with Crippen molar-refractivity contribution < 1.29 is 19.2 Å². The first-order valence-electron chi connectivity index (χ1n) is 12.0. The number of hydrogen-bond donors (Lipinski definition) is 1. The van der Waals surface area contributed by atoms with Crippen LogP contribution in [0, 0.1) is 10.1 Å². The highest BCUT2D eigenvalue weighted by atomic mass is 35.5. The van der Waals surface area contributed by atoms with Gasteiger partial charge >= 0.3 is 5.97 Å². The molecule has 0 saturated heterocycles. The van der Waals surface area contributed by atoms with Gasteiger partial charge in [0.15, 0.2) is 0 Å². The number of hydrogen-bond acceptors (Lipinski definition) is 6. The minimum atomic E-state index is -1.37. The number of non-ortho nitro benzene ring substituents is 1. The van der Waals surface area contributed by atoms with Crippen LogP contribution in [0.3, 0.4) is 0 Å². The van der Waals surface area contributed by atoms with Crippen molar-refractivity contribution in [3.63, 3.8) is 0 Å². The molecule has 5 aromatic rings. The Bertz CT molecular complexity index is 1760. The Labute approximate surface area is 238 Å². The lowest BCUT2D eigenvalue weighted by Crippen LogP contribution is -2.26. The molecule has 1 atom stereocenters. The summed E-state index contributed by atoms with van der Waals surface area (Å²) in [5, 5.41) is 14.6. The molecule has 0 radical (unpaired) electrons. The average molecular weight is 572 g/mol. The summed E-state index contributed by atoms with van der Waals surface area (Å²) < 4.78 is 5.82. The van der Waals surface area contributed by atoms with Gasteiger partial charge in [-0.05, 0) is 24.3 Å². The van der Waals surface area contributed by atoms with E-state index in [1.807, 2.05) is 6.07 Å². The van der Waals surface area contributed by atoms with Crippen LogP contribution in [0.25, 0.3) is 22.2 Å². The van der Waals surface area contributed by atoms with Crippen molar-refractivity contribution in [1.82, 2.24) is 4.98 Å². The molecule has 0 aliphatic heterocycles. The number of amides is 1. The molecule has 0 spiro atoms. The number of rotatable bonds is 7. The van der Waals surface area contributed by atoms with Gasteiger partial charge in [-0.1, -0.05) is 89.9 Å². The molecule has 1 amide bonds. The Kier molecular flexibility index (Phi) is 7.72. The molecular formula is C30H19Cl2N3O5. The summed E-state index contributed by atoms with van der Waals surface area (Å²) in [5.41, 5.74) is 2.16. The number of esters is 1. The third-order valence-corrected chi connectivity index (χ3v) is 6.71. The van der Waals surface area contributed by atoms with Crippen LogP contribution >= 0.6 is 23.2 Å². The monoisotopic (exact) mass is 571 g/mol. The van der Waals surface area contributed by atoms with Crippen molar-refractivity contribution >= 4 is 57.4 Å². The SMILES string of the molecule is O=C(OC(C(=O)Nc1ccc([N+](=O)[O-])cc1Cl)c1ccccc1)c1cc(-c2ccccc2Cl)nc2ccccc12. The quantitative estimate of drug-likeness (QED) is 0.122. The van der Waals surface area contributed by atoms with Gasteiger partial charge in [0.25, 0.3) is 11.6 Å². The second-order valence-electron chi connectivity index (χ2n) is 8.66. The summed E-state index contributed by atoms with van der Waals surface area (Å²) in [6.45, 7) is 0. The summed E-state index contributed by atoms with van der Waals surface area (Å²) >= 11 is 12.6. The van der Waals surface area contributed by atoms with E-state index >= 15 is 0 Å². The molecule has 5 rings (SSSR count). The van der Waals surface area contributed by atoms with E-state index in [1.165, 1.54) is 12.1 Å². The van der Waals surface area contributed by atoms with Crippen molar-refractivity contribution in [1.29, 1.82) is 0 Å². The summed E-state index contributed by atoms with van der Waals surface area (Å²) in [5.74, 6) is -1.45. The third kappa shape index (κ3) is 5.63. The van der Waals surface area contributed by atoms with E-state index in [-0.39, 0.29) is 22.0 Å². The Hall–Kier alpha value is -4.79. The van der Waals surface area contributed by atoms with Gasteiger partial charge in [0.1, 0.15) is 0 Å². The van der Waals surface area contributed by atoms with Crippen LogP contribution in [0.1, 0.15) is 22.0 Å². The molecule has 40 heavy (non-hydrogen) atoms. The molecule has 0 bridgehead atoms. The average Bonchev–Trinajstić information content (AvgIpc) is 2.96. The molecule has 10 heteroatoms. The maximum absolute atomic E-state index is 13.7.